The van der Waals surface area contributed by atoms with Gasteiger partial charge in [-0.05, 0) is 19.1 Å². The number of hydrogen-bond donors (Lipinski definition) is 1. The molecule has 0 atom stereocenters. The van der Waals surface area contributed by atoms with E-state index in [2.05, 4.69) is 15.0 Å². The van der Waals surface area contributed by atoms with Crippen LogP contribution in [0.1, 0.15) is 22.8 Å². The standard InChI is InChI=1S/C12H11N5/c1-8-10(7-13)12(14)17-11(16-8)6-9-4-2-3-5-15-9/h2-5H,6H2,1H3,(H2,14,16,17). The number of nitriles is 1. The topological polar surface area (TPSA) is 88.5 Å². The molecule has 0 amide bonds. The molecule has 0 aliphatic rings. The van der Waals surface area contributed by atoms with Gasteiger partial charge in [0.25, 0.3) is 0 Å². The van der Waals surface area contributed by atoms with E-state index in [-0.39, 0.29) is 5.82 Å². The molecule has 0 aromatic carbocycles. The van der Waals surface area contributed by atoms with Crippen molar-refractivity contribution >= 4 is 5.82 Å². The summed E-state index contributed by atoms with van der Waals surface area (Å²) in [7, 11) is 0. The first-order valence-corrected chi connectivity index (χ1v) is 5.13. The van der Waals surface area contributed by atoms with Gasteiger partial charge in [0.1, 0.15) is 23.3 Å². The Kier molecular flexibility index (Phi) is 2.97. The molecule has 0 aliphatic heterocycles. The molecule has 2 aromatic rings. The number of aryl methyl sites for hydroxylation is 1. The Morgan fingerprint density at radius 2 is 2.18 bits per heavy atom. The average molecular weight is 225 g/mol. The first kappa shape index (κ1) is 11.0. The molecular weight excluding hydrogens is 214 g/mol. The van der Waals surface area contributed by atoms with Crippen LogP contribution in [0.5, 0.6) is 0 Å². The Balaban J connectivity index is 2.33. The molecule has 2 N–H and O–H groups in total. The molecule has 5 nitrogen and oxygen atoms in total. The lowest BCUT2D eigenvalue weighted by atomic mass is 10.2. The fourth-order valence-corrected chi connectivity index (χ4v) is 1.54. The Labute approximate surface area is 99.0 Å². The molecule has 17 heavy (non-hydrogen) atoms. The average Bonchev–Trinajstić information content (AvgIpc) is 2.30. The van der Waals surface area contributed by atoms with E-state index in [4.69, 9.17) is 11.0 Å². The van der Waals surface area contributed by atoms with Crippen LogP contribution in [0.2, 0.25) is 0 Å². The molecule has 0 unspecified atom stereocenters. The van der Waals surface area contributed by atoms with Crippen molar-refractivity contribution in [2.45, 2.75) is 13.3 Å². The lowest BCUT2D eigenvalue weighted by Gasteiger charge is -2.04. The second-order valence-electron chi connectivity index (χ2n) is 3.60. The van der Waals surface area contributed by atoms with Gasteiger partial charge in [-0.3, -0.25) is 4.98 Å². The zero-order chi connectivity index (χ0) is 12.3. The number of nitrogens with two attached hydrogens (primary N) is 1. The lowest BCUT2D eigenvalue weighted by molar-refractivity contribution is 0.917. The maximum absolute atomic E-state index is 8.86. The van der Waals surface area contributed by atoms with Crippen LogP contribution in [-0.2, 0) is 6.42 Å². The minimum atomic E-state index is 0.228. The van der Waals surface area contributed by atoms with E-state index in [1.807, 2.05) is 24.3 Å². The molecule has 0 aliphatic carbocycles. The highest BCUT2D eigenvalue weighted by Gasteiger charge is 2.09. The van der Waals surface area contributed by atoms with E-state index in [1.165, 1.54) is 0 Å². The Bertz CT molecular complexity index is 548. The maximum Gasteiger partial charge on any atom is 0.145 e. The summed E-state index contributed by atoms with van der Waals surface area (Å²) in [4.78, 5) is 12.5. The zero-order valence-corrected chi connectivity index (χ0v) is 9.38. The quantitative estimate of drug-likeness (QED) is 0.830. The van der Waals surface area contributed by atoms with E-state index in [9.17, 15) is 0 Å². The first-order valence-electron chi connectivity index (χ1n) is 5.13. The number of rotatable bonds is 2. The van der Waals surface area contributed by atoms with Crippen LogP contribution in [0, 0.1) is 18.3 Å². The van der Waals surface area contributed by atoms with Gasteiger partial charge in [-0.25, -0.2) is 9.97 Å². The third kappa shape index (κ3) is 2.37. The Hall–Kier alpha value is -2.48. The number of nitrogen functional groups attached to an aromatic ring is 1. The maximum atomic E-state index is 8.86. The predicted molar refractivity (Wildman–Crippen MR) is 62.9 cm³/mol. The highest BCUT2D eigenvalue weighted by atomic mass is 15.0. The number of hydrogen-bond acceptors (Lipinski definition) is 5. The largest absolute Gasteiger partial charge is 0.382 e. The fraction of sp³-hybridized carbons (Fsp3) is 0.167. The van der Waals surface area contributed by atoms with Gasteiger partial charge in [-0.1, -0.05) is 6.07 Å². The summed E-state index contributed by atoms with van der Waals surface area (Å²) in [6.45, 7) is 1.75. The van der Waals surface area contributed by atoms with Gasteiger partial charge < -0.3 is 5.73 Å². The van der Waals surface area contributed by atoms with E-state index in [0.717, 1.165) is 5.69 Å². The van der Waals surface area contributed by atoms with Crippen LogP contribution in [0.25, 0.3) is 0 Å². The van der Waals surface area contributed by atoms with Gasteiger partial charge in [0, 0.05) is 11.9 Å². The number of nitrogens with zero attached hydrogens (tertiary/aromatic N) is 4. The molecular formula is C12H11N5. The summed E-state index contributed by atoms with van der Waals surface area (Å²) in [6, 6.07) is 7.64. The zero-order valence-electron chi connectivity index (χ0n) is 9.38. The summed E-state index contributed by atoms with van der Waals surface area (Å²) in [5.74, 6) is 0.809. The molecule has 5 heteroatoms. The van der Waals surface area contributed by atoms with Crippen molar-refractivity contribution in [1.82, 2.24) is 15.0 Å². The summed E-state index contributed by atoms with van der Waals surface area (Å²) in [6.07, 6.45) is 2.23. The third-order valence-electron chi connectivity index (χ3n) is 2.34. The smallest absolute Gasteiger partial charge is 0.145 e. The van der Waals surface area contributed by atoms with Gasteiger partial charge in [0.05, 0.1) is 12.1 Å². The summed E-state index contributed by atoms with van der Waals surface area (Å²) in [5.41, 5.74) is 7.51. The molecule has 2 rings (SSSR count). The SMILES string of the molecule is Cc1nc(Cc2ccccn2)nc(N)c1C#N. The van der Waals surface area contributed by atoms with Gasteiger partial charge in [0.2, 0.25) is 0 Å². The number of anilines is 1. The Morgan fingerprint density at radius 1 is 1.35 bits per heavy atom. The molecule has 0 radical (unpaired) electrons. The third-order valence-corrected chi connectivity index (χ3v) is 2.34. The first-order chi connectivity index (χ1) is 8.20. The molecule has 0 bridgehead atoms. The van der Waals surface area contributed by atoms with Gasteiger partial charge in [-0.2, -0.15) is 5.26 Å². The number of pyridine rings is 1. The molecule has 0 saturated heterocycles. The van der Waals surface area contributed by atoms with Crippen LogP contribution < -0.4 is 5.73 Å². The normalized spacial score (nSPS) is 9.88. The van der Waals surface area contributed by atoms with Crippen molar-refractivity contribution in [3.8, 4) is 6.07 Å². The van der Waals surface area contributed by atoms with Crippen molar-refractivity contribution in [2.24, 2.45) is 0 Å². The van der Waals surface area contributed by atoms with E-state index < -0.39 is 0 Å². The number of aromatic nitrogens is 3. The lowest BCUT2D eigenvalue weighted by Crippen LogP contribution is -2.06. The van der Waals surface area contributed by atoms with Gasteiger partial charge in [-0.15, -0.1) is 0 Å². The second-order valence-corrected chi connectivity index (χ2v) is 3.60. The molecule has 0 fully saturated rings. The predicted octanol–water partition coefficient (Wildman–Crippen LogP) is 1.22. The highest BCUT2D eigenvalue weighted by Crippen LogP contribution is 2.12. The van der Waals surface area contributed by atoms with Crippen molar-refractivity contribution in [1.29, 1.82) is 5.26 Å². The van der Waals surface area contributed by atoms with Crippen molar-refractivity contribution in [3.63, 3.8) is 0 Å². The monoisotopic (exact) mass is 225 g/mol. The molecule has 2 aromatic heterocycles. The molecule has 0 spiro atoms. The van der Waals surface area contributed by atoms with Crippen LogP contribution >= 0.6 is 0 Å². The van der Waals surface area contributed by atoms with Crippen molar-refractivity contribution in [3.05, 3.63) is 47.2 Å². The van der Waals surface area contributed by atoms with E-state index >= 15 is 0 Å². The minimum Gasteiger partial charge on any atom is -0.382 e. The van der Waals surface area contributed by atoms with Crippen molar-refractivity contribution < 1.29 is 0 Å². The van der Waals surface area contributed by atoms with Crippen LogP contribution in [0.15, 0.2) is 24.4 Å². The minimum absolute atomic E-state index is 0.228. The van der Waals surface area contributed by atoms with Crippen LogP contribution in [-0.4, -0.2) is 15.0 Å². The molecule has 0 saturated carbocycles. The summed E-state index contributed by atoms with van der Waals surface area (Å²) in [5, 5.41) is 8.86. The van der Waals surface area contributed by atoms with Crippen LogP contribution in [0.4, 0.5) is 5.82 Å². The van der Waals surface area contributed by atoms with E-state index in [1.54, 1.807) is 13.1 Å². The van der Waals surface area contributed by atoms with Crippen molar-refractivity contribution in [2.75, 3.05) is 5.73 Å². The second kappa shape index (κ2) is 4.58. The fourth-order valence-electron chi connectivity index (χ4n) is 1.54. The molecule has 84 valence electrons. The van der Waals surface area contributed by atoms with Crippen LogP contribution in [0.3, 0.4) is 0 Å². The molecule has 2 heterocycles. The highest BCUT2D eigenvalue weighted by molar-refractivity contribution is 5.50. The Morgan fingerprint density at radius 3 is 2.76 bits per heavy atom. The van der Waals surface area contributed by atoms with Gasteiger partial charge >= 0.3 is 0 Å². The summed E-state index contributed by atoms with van der Waals surface area (Å²) >= 11 is 0. The summed E-state index contributed by atoms with van der Waals surface area (Å²) < 4.78 is 0. The van der Waals surface area contributed by atoms with E-state index in [0.29, 0.717) is 23.5 Å². The van der Waals surface area contributed by atoms with Gasteiger partial charge in [0.15, 0.2) is 0 Å².